The van der Waals surface area contributed by atoms with Crippen molar-refractivity contribution < 1.29 is 14.3 Å². The quantitative estimate of drug-likeness (QED) is 0.802. The van der Waals surface area contributed by atoms with E-state index in [-0.39, 0.29) is 18.6 Å². The molecule has 20 heavy (non-hydrogen) atoms. The third-order valence-corrected chi connectivity index (χ3v) is 3.64. The van der Waals surface area contributed by atoms with E-state index < -0.39 is 0 Å². The van der Waals surface area contributed by atoms with Crippen LogP contribution >= 0.6 is 0 Å². The number of carbonyl (C=O) groups is 1. The molecule has 0 aliphatic carbocycles. The fourth-order valence-corrected chi connectivity index (χ4v) is 2.38. The van der Waals surface area contributed by atoms with E-state index in [1.54, 1.807) is 12.1 Å². The number of benzene rings is 1. The number of amides is 1. The summed E-state index contributed by atoms with van der Waals surface area (Å²) in [4.78, 5) is 11.9. The molecule has 5 heteroatoms. The molecule has 1 unspecified atom stereocenters. The summed E-state index contributed by atoms with van der Waals surface area (Å²) in [5, 5.41) is 2.98. The lowest BCUT2D eigenvalue weighted by Gasteiger charge is -2.28. The second-order valence-corrected chi connectivity index (χ2v) is 5.13. The van der Waals surface area contributed by atoms with Gasteiger partial charge in [0.05, 0.1) is 5.69 Å². The van der Waals surface area contributed by atoms with Crippen LogP contribution in [0, 0.1) is 5.92 Å². The van der Waals surface area contributed by atoms with Gasteiger partial charge in [-0.15, -0.1) is 0 Å². The van der Waals surface area contributed by atoms with E-state index >= 15 is 0 Å². The van der Waals surface area contributed by atoms with Gasteiger partial charge in [0.1, 0.15) is 5.75 Å². The van der Waals surface area contributed by atoms with Gasteiger partial charge in [-0.2, -0.15) is 0 Å². The lowest BCUT2D eigenvalue weighted by Crippen LogP contribution is -2.42. The lowest BCUT2D eigenvalue weighted by atomic mass is 9.93. The summed E-state index contributed by atoms with van der Waals surface area (Å²) in [6.45, 7) is 3.58. The number of hydrogen-bond donors (Lipinski definition) is 2. The molecule has 5 nitrogen and oxygen atoms in total. The Morgan fingerprint density at radius 3 is 2.85 bits per heavy atom. The van der Waals surface area contributed by atoms with Crippen LogP contribution < -0.4 is 15.8 Å². The van der Waals surface area contributed by atoms with Crippen molar-refractivity contribution >= 4 is 11.6 Å². The molecule has 0 spiro atoms. The molecule has 0 radical (unpaired) electrons. The van der Waals surface area contributed by atoms with E-state index in [4.69, 9.17) is 15.2 Å². The molecule has 1 amide bonds. The Hall–Kier alpha value is -1.75. The zero-order chi connectivity index (χ0) is 14.4. The van der Waals surface area contributed by atoms with E-state index in [1.807, 2.05) is 19.1 Å². The first-order valence-electron chi connectivity index (χ1n) is 7.01. The number of nitrogens with two attached hydrogens (primary N) is 1. The zero-order valence-electron chi connectivity index (χ0n) is 11.8. The smallest absolute Gasteiger partial charge is 0.258 e. The minimum absolute atomic E-state index is 0.0121. The highest BCUT2D eigenvalue weighted by Crippen LogP contribution is 2.20. The van der Waals surface area contributed by atoms with Crippen LogP contribution in [-0.4, -0.2) is 31.8 Å². The van der Waals surface area contributed by atoms with Crippen molar-refractivity contribution in [1.29, 1.82) is 0 Å². The molecule has 0 saturated carbocycles. The Bertz CT molecular complexity index is 444. The summed E-state index contributed by atoms with van der Waals surface area (Å²) in [5.74, 6) is 0.906. The lowest BCUT2D eigenvalue weighted by molar-refractivity contribution is -0.124. The topological polar surface area (TPSA) is 73.6 Å². The maximum absolute atomic E-state index is 11.9. The van der Waals surface area contributed by atoms with Crippen LogP contribution in [0.1, 0.15) is 19.8 Å². The predicted octanol–water partition coefficient (Wildman–Crippen LogP) is 1.58. The molecule has 1 atom stereocenters. The summed E-state index contributed by atoms with van der Waals surface area (Å²) in [6.07, 6.45) is 1.99. The molecule has 1 aliphatic heterocycles. The molecular weight excluding hydrogens is 256 g/mol. The molecule has 1 fully saturated rings. The van der Waals surface area contributed by atoms with Crippen LogP contribution in [0.5, 0.6) is 5.75 Å². The Labute approximate surface area is 119 Å². The van der Waals surface area contributed by atoms with Crippen molar-refractivity contribution in [2.45, 2.75) is 25.8 Å². The Morgan fingerprint density at radius 1 is 1.45 bits per heavy atom. The fourth-order valence-electron chi connectivity index (χ4n) is 2.38. The van der Waals surface area contributed by atoms with Gasteiger partial charge in [0.15, 0.2) is 6.61 Å². The molecule has 3 N–H and O–H groups in total. The van der Waals surface area contributed by atoms with Gasteiger partial charge in [-0.1, -0.05) is 12.1 Å². The molecule has 1 saturated heterocycles. The predicted molar refractivity (Wildman–Crippen MR) is 77.5 cm³/mol. The highest BCUT2D eigenvalue weighted by atomic mass is 16.5. The number of para-hydroxylation sites is 2. The molecule has 1 aromatic rings. The van der Waals surface area contributed by atoms with Gasteiger partial charge in [-0.25, -0.2) is 0 Å². The molecule has 1 heterocycles. The number of nitrogens with one attached hydrogen (secondary N) is 1. The van der Waals surface area contributed by atoms with Crippen LogP contribution in [0.3, 0.4) is 0 Å². The summed E-state index contributed by atoms with van der Waals surface area (Å²) in [6, 6.07) is 7.30. The summed E-state index contributed by atoms with van der Waals surface area (Å²) < 4.78 is 10.7. The first-order chi connectivity index (χ1) is 9.66. The maximum atomic E-state index is 11.9. The number of nitrogen functional groups attached to an aromatic ring is 1. The van der Waals surface area contributed by atoms with Gasteiger partial charge in [-0.3, -0.25) is 4.79 Å². The molecule has 2 rings (SSSR count). The fraction of sp³-hybridized carbons (Fsp3) is 0.533. The van der Waals surface area contributed by atoms with Crippen molar-refractivity contribution in [3.8, 4) is 5.75 Å². The Kier molecular flexibility index (Phi) is 5.24. The average Bonchev–Trinajstić information content (AvgIpc) is 2.47. The molecule has 1 aliphatic rings. The van der Waals surface area contributed by atoms with Gasteiger partial charge in [0.2, 0.25) is 0 Å². The van der Waals surface area contributed by atoms with Crippen molar-refractivity contribution in [3.05, 3.63) is 24.3 Å². The van der Waals surface area contributed by atoms with E-state index in [2.05, 4.69) is 5.32 Å². The average molecular weight is 278 g/mol. The molecule has 110 valence electrons. The van der Waals surface area contributed by atoms with E-state index in [0.29, 0.717) is 17.4 Å². The molecule has 0 aromatic heterocycles. The monoisotopic (exact) mass is 278 g/mol. The number of anilines is 1. The maximum Gasteiger partial charge on any atom is 0.258 e. The van der Waals surface area contributed by atoms with Gasteiger partial charge >= 0.3 is 0 Å². The number of ether oxygens (including phenoxy) is 2. The first kappa shape index (κ1) is 14.7. The van der Waals surface area contributed by atoms with Crippen molar-refractivity contribution in [2.24, 2.45) is 5.92 Å². The van der Waals surface area contributed by atoms with Gasteiger partial charge in [0.25, 0.3) is 5.91 Å². The minimum Gasteiger partial charge on any atom is -0.482 e. The van der Waals surface area contributed by atoms with Crippen molar-refractivity contribution in [2.75, 3.05) is 25.6 Å². The zero-order valence-corrected chi connectivity index (χ0v) is 11.8. The number of carbonyl (C=O) groups excluding carboxylic acids is 1. The number of rotatable bonds is 5. The van der Waals surface area contributed by atoms with Crippen molar-refractivity contribution in [1.82, 2.24) is 5.32 Å². The summed E-state index contributed by atoms with van der Waals surface area (Å²) in [5.41, 5.74) is 6.29. The van der Waals surface area contributed by atoms with E-state index in [1.165, 1.54) is 0 Å². The van der Waals surface area contributed by atoms with Crippen LogP contribution in [0.15, 0.2) is 24.3 Å². The van der Waals surface area contributed by atoms with E-state index in [9.17, 15) is 4.79 Å². The SMILES string of the molecule is CC(NC(=O)COc1ccccc1N)C1CCOCC1. The third-order valence-electron chi connectivity index (χ3n) is 3.64. The third kappa shape index (κ3) is 4.13. The van der Waals surface area contributed by atoms with Crippen LogP contribution in [0.4, 0.5) is 5.69 Å². The van der Waals surface area contributed by atoms with Gasteiger partial charge < -0.3 is 20.5 Å². The second kappa shape index (κ2) is 7.14. The van der Waals surface area contributed by atoms with Crippen LogP contribution in [0.2, 0.25) is 0 Å². The van der Waals surface area contributed by atoms with E-state index in [0.717, 1.165) is 26.1 Å². The highest BCUT2D eigenvalue weighted by molar-refractivity contribution is 5.78. The van der Waals surface area contributed by atoms with Crippen molar-refractivity contribution in [3.63, 3.8) is 0 Å². The normalized spacial score (nSPS) is 17.4. The van der Waals surface area contributed by atoms with Crippen LogP contribution in [0.25, 0.3) is 0 Å². The number of hydrogen-bond acceptors (Lipinski definition) is 4. The Balaban J connectivity index is 1.76. The summed E-state index contributed by atoms with van der Waals surface area (Å²) >= 11 is 0. The summed E-state index contributed by atoms with van der Waals surface area (Å²) in [7, 11) is 0. The second-order valence-electron chi connectivity index (χ2n) is 5.13. The first-order valence-corrected chi connectivity index (χ1v) is 7.01. The molecule has 1 aromatic carbocycles. The van der Waals surface area contributed by atoms with Crippen LogP contribution in [-0.2, 0) is 9.53 Å². The van der Waals surface area contributed by atoms with Gasteiger partial charge in [0, 0.05) is 19.3 Å². The molecule has 0 bridgehead atoms. The Morgan fingerprint density at radius 2 is 2.15 bits per heavy atom. The van der Waals surface area contributed by atoms with Gasteiger partial charge in [-0.05, 0) is 37.8 Å². The standard InChI is InChI=1S/C15H22N2O3/c1-11(12-6-8-19-9-7-12)17-15(18)10-20-14-5-3-2-4-13(14)16/h2-5,11-12H,6-10,16H2,1H3,(H,17,18). The highest BCUT2D eigenvalue weighted by Gasteiger charge is 2.21. The molecular formula is C15H22N2O3. The largest absolute Gasteiger partial charge is 0.482 e. The minimum atomic E-state index is -0.118.